The Balaban J connectivity index is 1.64. The van der Waals surface area contributed by atoms with Gasteiger partial charge >= 0.3 is 6.09 Å². The van der Waals surface area contributed by atoms with Crippen molar-refractivity contribution in [2.24, 2.45) is 0 Å². The summed E-state index contributed by atoms with van der Waals surface area (Å²) in [6.07, 6.45) is 3.43. The molecule has 4 rings (SSSR count). The van der Waals surface area contributed by atoms with Gasteiger partial charge in [0, 0.05) is 43.6 Å². The number of carbonyl (C=O) groups is 1. The maximum Gasteiger partial charge on any atom is 0.407 e. The van der Waals surface area contributed by atoms with Crippen molar-refractivity contribution in [1.29, 1.82) is 0 Å². The van der Waals surface area contributed by atoms with Crippen LogP contribution in [0.3, 0.4) is 0 Å². The number of pyridine rings is 1. The molecule has 1 fully saturated rings. The molecule has 1 N–H and O–H groups in total. The van der Waals surface area contributed by atoms with Crippen molar-refractivity contribution in [2.45, 2.75) is 51.4 Å². The van der Waals surface area contributed by atoms with E-state index >= 15 is 0 Å². The number of aromatic nitrogens is 1. The van der Waals surface area contributed by atoms with Gasteiger partial charge in [0.05, 0.1) is 5.69 Å². The van der Waals surface area contributed by atoms with Crippen LogP contribution in [0.5, 0.6) is 0 Å². The molecule has 1 saturated heterocycles. The molecule has 29 heavy (non-hydrogen) atoms. The number of nitrogens with zero attached hydrogens (tertiary/aromatic N) is 3. The average Bonchev–Trinajstić information content (AvgIpc) is 2.71. The van der Waals surface area contributed by atoms with Gasteiger partial charge in [-0.3, -0.25) is 4.98 Å². The molecule has 2 aromatic rings. The zero-order valence-electron chi connectivity index (χ0n) is 17.9. The van der Waals surface area contributed by atoms with Crippen molar-refractivity contribution in [1.82, 2.24) is 9.88 Å². The maximum absolute atomic E-state index is 11.1. The predicted molar refractivity (Wildman–Crippen MR) is 117 cm³/mol. The first kappa shape index (κ1) is 19.7. The summed E-state index contributed by atoms with van der Waals surface area (Å²) in [4.78, 5) is 19.5. The van der Waals surface area contributed by atoms with E-state index in [4.69, 9.17) is 5.11 Å². The molecule has 0 bridgehead atoms. The molecule has 0 unspecified atom stereocenters. The van der Waals surface area contributed by atoms with E-state index < -0.39 is 6.09 Å². The monoisotopic (exact) mass is 393 g/mol. The summed E-state index contributed by atoms with van der Waals surface area (Å²) < 4.78 is 0. The highest BCUT2D eigenvalue weighted by Crippen LogP contribution is 2.46. The normalized spacial score (nSPS) is 20.3. The first-order chi connectivity index (χ1) is 13.7. The van der Waals surface area contributed by atoms with Crippen molar-refractivity contribution >= 4 is 11.8 Å². The molecule has 1 aliphatic carbocycles. The number of benzene rings is 1. The molecule has 2 aliphatic rings. The van der Waals surface area contributed by atoms with Crippen LogP contribution in [0.25, 0.3) is 11.3 Å². The lowest BCUT2D eigenvalue weighted by atomic mass is 9.63. The summed E-state index contributed by atoms with van der Waals surface area (Å²) in [5.74, 6) is 0. The minimum atomic E-state index is -0.834. The van der Waals surface area contributed by atoms with Crippen molar-refractivity contribution in [3.05, 3.63) is 47.7 Å². The number of piperazine rings is 1. The van der Waals surface area contributed by atoms with Crippen LogP contribution in [0.15, 0.2) is 36.5 Å². The van der Waals surface area contributed by atoms with E-state index in [9.17, 15) is 4.79 Å². The molecular formula is C24H31N3O2. The van der Waals surface area contributed by atoms with Crippen LogP contribution in [0.4, 0.5) is 10.5 Å². The Labute approximate surface area is 173 Å². The third kappa shape index (κ3) is 3.70. The largest absolute Gasteiger partial charge is 0.465 e. The van der Waals surface area contributed by atoms with Crippen LogP contribution in [0.1, 0.15) is 51.7 Å². The van der Waals surface area contributed by atoms with E-state index in [-0.39, 0.29) is 10.8 Å². The van der Waals surface area contributed by atoms with Gasteiger partial charge in [-0.25, -0.2) is 4.79 Å². The van der Waals surface area contributed by atoms with Crippen LogP contribution in [0, 0.1) is 0 Å². The molecule has 0 spiro atoms. The van der Waals surface area contributed by atoms with E-state index in [1.165, 1.54) is 28.9 Å². The van der Waals surface area contributed by atoms with E-state index in [2.05, 4.69) is 61.8 Å². The Morgan fingerprint density at radius 3 is 2.24 bits per heavy atom. The number of amides is 1. The van der Waals surface area contributed by atoms with Crippen LogP contribution in [-0.2, 0) is 10.8 Å². The summed E-state index contributed by atoms with van der Waals surface area (Å²) in [6, 6.07) is 11.0. The first-order valence-electron chi connectivity index (χ1n) is 10.5. The van der Waals surface area contributed by atoms with Gasteiger partial charge in [0.15, 0.2) is 0 Å². The molecule has 154 valence electrons. The SMILES string of the molecule is CC1(C)CCC(C)(C)c2cc(-c3cc(N4CCN(C(=O)O)CC4)ccn3)ccc21. The van der Waals surface area contributed by atoms with Crippen molar-refractivity contribution in [3.8, 4) is 11.3 Å². The summed E-state index contributed by atoms with van der Waals surface area (Å²) in [7, 11) is 0. The van der Waals surface area contributed by atoms with E-state index in [1.54, 1.807) is 0 Å². The van der Waals surface area contributed by atoms with Gasteiger partial charge in [0.2, 0.25) is 0 Å². The fourth-order valence-corrected chi connectivity index (χ4v) is 4.68. The standard InChI is InChI=1S/C24H31N3O2/c1-23(2)8-9-24(3,4)20-15-17(5-6-19(20)23)21-16-18(7-10-25-21)26-11-13-27(14-12-26)22(28)29/h5-7,10,15-16H,8-9,11-14H2,1-4H3,(H,28,29). The number of anilines is 1. The summed E-state index contributed by atoms with van der Waals surface area (Å²) in [5.41, 5.74) is 6.52. The van der Waals surface area contributed by atoms with Crippen LogP contribution in [0.2, 0.25) is 0 Å². The molecule has 5 heteroatoms. The lowest BCUT2D eigenvalue weighted by Gasteiger charge is -2.42. The van der Waals surface area contributed by atoms with Gasteiger partial charge in [-0.05, 0) is 53.0 Å². The third-order valence-corrected chi connectivity index (χ3v) is 6.81. The van der Waals surface area contributed by atoms with Gasteiger partial charge in [-0.2, -0.15) is 0 Å². The Hall–Kier alpha value is -2.56. The van der Waals surface area contributed by atoms with Gasteiger partial charge in [-0.1, -0.05) is 39.8 Å². The minimum absolute atomic E-state index is 0.172. The summed E-state index contributed by atoms with van der Waals surface area (Å²) in [6.45, 7) is 11.9. The van der Waals surface area contributed by atoms with Gasteiger partial charge in [-0.15, -0.1) is 0 Å². The first-order valence-corrected chi connectivity index (χ1v) is 10.5. The van der Waals surface area contributed by atoms with Crippen molar-refractivity contribution in [3.63, 3.8) is 0 Å². The van der Waals surface area contributed by atoms with Crippen LogP contribution >= 0.6 is 0 Å². The molecule has 0 saturated carbocycles. The van der Waals surface area contributed by atoms with E-state index in [1.807, 2.05) is 12.3 Å². The summed E-state index contributed by atoms with van der Waals surface area (Å²) in [5, 5.41) is 9.16. The lowest BCUT2D eigenvalue weighted by Crippen LogP contribution is -2.48. The molecular weight excluding hydrogens is 362 g/mol. The molecule has 2 heterocycles. The number of hydrogen-bond donors (Lipinski definition) is 1. The maximum atomic E-state index is 11.1. The topological polar surface area (TPSA) is 56.7 Å². The number of fused-ring (bicyclic) bond motifs is 1. The molecule has 1 aliphatic heterocycles. The Morgan fingerprint density at radius 1 is 0.931 bits per heavy atom. The average molecular weight is 394 g/mol. The highest BCUT2D eigenvalue weighted by Gasteiger charge is 2.37. The second-order valence-electron chi connectivity index (χ2n) is 9.68. The van der Waals surface area contributed by atoms with Crippen molar-refractivity contribution in [2.75, 3.05) is 31.1 Å². The Kier molecular flexibility index (Phi) is 4.80. The second-order valence-corrected chi connectivity index (χ2v) is 9.68. The molecule has 1 amide bonds. The minimum Gasteiger partial charge on any atom is -0.465 e. The molecule has 0 radical (unpaired) electrons. The Bertz CT molecular complexity index is 927. The number of carboxylic acid groups (broad SMARTS) is 1. The smallest absolute Gasteiger partial charge is 0.407 e. The third-order valence-electron chi connectivity index (χ3n) is 6.81. The quantitative estimate of drug-likeness (QED) is 0.789. The fraction of sp³-hybridized carbons (Fsp3) is 0.500. The van der Waals surface area contributed by atoms with Crippen LogP contribution < -0.4 is 4.90 Å². The molecule has 1 aromatic carbocycles. The second kappa shape index (κ2) is 7.05. The zero-order valence-corrected chi connectivity index (χ0v) is 17.9. The zero-order chi connectivity index (χ0) is 20.8. The molecule has 5 nitrogen and oxygen atoms in total. The van der Waals surface area contributed by atoms with Gasteiger partial charge in [0.1, 0.15) is 0 Å². The summed E-state index contributed by atoms with van der Waals surface area (Å²) >= 11 is 0. The number of rotatable bonds is 2. The highest BCUT2D eigenvalue weighted by atomic mass is 16.4. The van der Waals surface area contributed by atoms with Crippen molar-refractivity contribution < 1.29 is 9.90 Å². The lowest BCUT2D eigenvalue weighted by molar-refractivity contribution is 0.142. The molecule has 0 atom stereocenters. The van der Waals surface area contributed by atoms with Gasteiger partial charge in [0.25, 0.3) is 0 Å². The predicted octanol–water partition coefficient (Wildman–Crippen LogP) is 4.90. The fourth-order valence-electron chi connectivity index (χ4n) is 4.68. The van der Waals surface area contributed by atoms with Gasteiger partial charge < -0.3 is 14.9 Å². The van der Waals surface area contributed by atoms with E-state index in [0.717, 1.165) is 16.9 Å². The Morgan fingerprint density at radius 2 is 1.59 bits per heavy atom. The molecule has 1 aromatic heterocycles. The van der Waals surface area contributed by atoms with Crippen LogP contribution in [-0.4, -0.2) is 47.3 Å². The highest BCUT2D eigenvalue weighted by molar-refractivity contribution is 5.68. The van der Waals surface area contributed by atoms with E-state index in [0.29, 0.717) is 26.2 Å². The number of hydrogen-bond acceptors (Lipinski definition) is 3.